The molecule has 0 aliphatic heterocycles. The minimum Gasteiger partial charge on any atom is -0.396 e. The summed E-state index contributed by atoms with van der Waals surface area (Å²) in [5, 5.41) is 19.8. The number of carbonyl (C=O) groups is 1. The molecule has 1 aromatic rings. The van der Waals surface area contributed by atoms with Gasteiger partial charge in [0.05, 0.1) is 13.2 Å². The van der Waals surface area contributed by atoms with E-state index in [9.17, 15) is 15.0 Å². The maximum Gasteiger partial charge on any atom is 0.226 e. The monoisotopic (exact) mass is 345 g/mol. The molecule has 0 heterocycles. The zero-order chi connectivity index (χ0) is 16.5. The van der Waals surface area contributed by atoms with Gasteiger partial charge in [0.25, 0.3) is 0 Å². The Morgan fingerprint density at radius 3 is 2.55 bits per heavy atom. The molecular formula is C16H21Cl2NO3. The molecule has 1 fully saturated rings. The van der Waals surface area contributed by atoms with Gasteiger partial charge in [0.1, 0.15) is 0 Å². The third-order valence-corrected chi connectivity index (χ3v) is 4.79. The van der Waals surface area contributed by atoms with Crippen LogP contribution in [0.4, 0.5) is 0 Å². The normalized spacial score (nSPS) is 20.8. The highest BCUT2D eigenvalue weighted by atomic mass is 35.5. The number of rotatable bonds is 6. The number of aliphatic hydroxyl groups is 2. The van der Waals surface area contributed by atoms with Gasteiger partial charge in [-0.3, -0.25) is 4.79 Å². The van der Waals surface area contributed by atoms with Crippen molar-refractivity contribution in [3.63, 3.8) is 0 Å². The maximum atomic E-state index is 12.5. The molecule has 0 radical (unpaired) electrons. The van der Waals surface area contributed by atoms with Crippen molar-refractivity contribution in [3.8, 4) is 0 Å². The summed E-state index contributed by atoms with van der Waals surface area (Å²) in [7, 11) is 1.70. The number of hydrogen-bond donors (Lipinski definition) is 2. The van der Waals surface area contributed by atoms with Crippen molar-refractivity contribution in [3.05, 3.63) is 33.8 Å². The van der Waals surface area contributed by atoms with Gasteiger partial charge in [0.2, 0.25) is 5.91 Å². The molecule has 1 amide bonds. The van der Waals surface area contributed by atoms with Crippen LogP contribution in [0.15, 0.2) is 18.2 Å². The van der Waals surface area contributed by atoms with E-state index in [1.54, 1.807) is 31.0 Å². The van der Waals surface area contributed by atoms with Crippen molar-refractivity contribution in [2.75, 3.05) is 26.8 Å². The van der Waals surface area contributed by atoms with Crippen LogP contribution in [-0.2, 0) is 4.79 Å². The molecular weight excluding hydrogens is 325 g/mol. The summed E-state index contributed by atoms with van der Waals surface area (Å²) in [4.78, 5) is 14.1. The first-order valence-corrected chi connectivity index (χ1v) is 7.98. The van der Waals surface area contributed by atoms with Crippen molar-refractivity contribution in [2.45, 2.75) is 19.3 Å². The number of halogens is 2. The van der Waals surface area contributed by atoms with Crippen molar-refractivity contribution >= 4 is 29.1 Å². The lowest BCUT2D eigenvalue weighted by atomic mass is 9.92. The van der Waals surface area contributed by atoms with E-state index in [1.807, 2.05) is 6.07 Å². The van der Waals surface area contributed by atoms with Crippen LogP contribution in [0.25, 0.3) is 0 Å². The second-order valence-corrected chi connectivity index (χ2v) is 7.28. The molecule has 2 N–H and O–H groups in total. The molecule has 2 unspecified atom stereocenters. The molecule has 0 aromatic heterocycles. The molecule has 22 heavy (non-hydrogen) atoms. The van der Waals surface area contributed by atoms with Gasteiger partial charge in [0, 0.05) is 35.0 Å². The fourth-order valence-corrected chi connectivity index (χ4v) is 3.25. The first kappa shape index (κ1) is 17.5. The summed E-state index contributed by atoms with van der Waals surface area (Å²) in [5.74, 6) is 0.0451. The molecule has 122 valence electrons. The van der Waals surface area contributed by atoms with E-state index in [0.717, 1.165) is 12.0 Å². The van der Waals surface area contributed by atoms with Crippen LogP contribution < -0.4 is 0 Å². The van der Waals surface area contributed by atoms with Crippen LogP contribution in [0.3, 0.4) is 0 Å². The highest BCUT2D eigenvalue weighted by Crippen LogP contribution is 2.50. The molecule has 4 nitrogen and oxygen atoms in total. The number of hydrogen-bond acceptors (Lipinski definition) is 3. The molecule has 1 aliphatic carbocycles. The number of carbonyl (C=O) groups excluding carboxylic acids is 1. The van der Waals surface area contributed by atoms with Crippen LogP contribution in [0.1, 0.15) is 24.8 Å². The lowest BCUT2D eigenvalue weighted by molar-refractivity contribution is -0.133. The van der Waals surface area contributed by atoms with Gasteiger partial charge < -0.3 is 15.1 Å². The Kier molecular flexibility index (Phi) is 5.38. The summed E-state index contributed by atoms with van der Waals surface area (Å²) in [6, 6.07) is 5.34. The van der Waals surface area contributed by atoms with E-state index in [-0.39, 0.29) is 31.0 Å². The van der Waals surface area contributed by atoms with E-state index in [0.29, 0.717) is 16.6 Å². The van der Waals surface area contributed by atoms with Crippen LogP contribution in [0, 0.1) is 11.3 Å². The van der Waals surface area contributed by atoms with Crippen molar-refractivity contribution < 1.29 is 15.0 Å². The van der Waals surface area contributed by atoms with Crippen LogP contribution >= 0.6 is 23.2 Å². The number of nitrogens with zero attached hydrogens (tertiary/aromatic N) is 1. The smallest absolute Gasteiger partial charge is 0.226 e. The minimum atomic E-state index is -0.688. The Morgan fingerprint density at radius 1 is 1.36 bits per heavy atom. The predicted octanol–water partition coefficient (Wildman–Crippen LogP) is 2.55. The lowest BCUT2D eigenvalue weighted by Gasteiger charge is -2.30. The molecule has 2 atom stereocenters. The first-order valence-electron chi connectivity index (χ1n) is 7.23. The molecule has 1 aromatic carbocycles. The molecule has 0 saturated heterocycles. The Balaban J connectivity index is 2.01. The average Bonchev–Trinajstić information content (AvgIpc) is 3.26. The van der Waals surface area contributed by atoms with E-state index >= 15 is 0 Å². The van der Waals surface area contributed by atoms with Crippen molar-refractivity contribution in [1.82, 2.24) is 4.90 Å². The highest BCUT2D eigenvalue weighted by molar-refractivity contribution is 6.35. The molecule has 6 heteroatoms. The summed E-state index contributed by atoms with van der Waals surface area (Å²) < 4.78 is 0. The van der Waals surface area contributed by atoms with Gasteiger partial charge in [-0.1, -0.05) is 36.2 Å². The molecule has 2 rings (SSSR count). The van der Waals surface area contributed by atoms with Gasteiger partial charge in [-0.05, 0) is 30.0 Å². The highest BCUT2D eigenvalue weighted by Gasteiger charge is 2.46. The standard InChI is InChI=1S/C16H21Cl2NO3/c1-16(8-20,9-21)7-19(2)15(22)13-6-12(13)11-4-3-10(17)5-14(11)18/h3-5,12-13,20-21H,6-9H2,1-2H3. The Hall–Kier alpha value is -0.810. The lowest BCUT2D eigenvalue weighted by Crippen LogP contribution is -2.42. The largest absolute Gasteiger partial charge is 0.396 e. The van der Waals surface area contributed by atoms with Gasteiger partial charge in [-0.25, -0.2) is 0 Å². The molecule has 1 saturated carbocycles. The van der Waals surface area contributed by atoms with E-state index in [2.05, 4.69) is 0 Å². The van der Waals surface area contributed by atoms with Crippen LogP contribution in [0.2, 0.25) is 10.0 Å². The summed E-state index contributed by atoms with van der Waals surface area (Å²) >= 11 is 12.1. The van der Waals surface area contributed by atoms with Crippen molar-refractivity contribution in [2.24, 2.45) is 11.3 Å². The zero-order valence-corrected chi connectivity index (χ0v) is 14.2. The molecule has 0 bridgehead atoms. The van der Waals surface area contributed by atoms with Gasteiger partial charge in [-0.15, -0.1) is 0 Å². The molecule has 1 aliphatic rings. The minimum absolute atomic E-state index is 0.0177. The quantitative estimate of drug-likeness (QED) is 0.832. The van der Waals surface area contributed by atoms with Crippen molar-refractivity contribution in [1.29, 1.82) is 0 Å². The maximum absolute atomic E-state index is 12.5. The predicted molar refractivity (Wildman–Crippen MR) is 87.2 cm³/mol. The van der Waals surface area contributed by atoms with Gasteiger partial charge >= 0.3 is 0 Å². The average molecular weight is 346 g/mol. The Morgan fingerprint density at radius 2 is 2.00 bits per heavy atom. The summed E-state index contributed by atoms with van der Waals surface area (Å²) in [6.07, 6.45) is 0.763. The summed E-state index contributed by atoms with van der Waals surface area (Å²) in [5.41, 5.74) is 0.261. The van der Waals surface area contributed by atoms with Crippen LogP contribution in [0.5, 0.6) is 0 Å². The zero-order valence-electron chi connectivity index (χ0n) is 12.7. The van der Waals surface area contributed by atoms with Gasteiger partial charge in [-0.2, -0.15) is 0 Å². The molecule has 0 spiro atoms. The van der Waals surface area contributed by atoms with E-state index in [4.69, 9.17) is 23.2 Å². The Labute approximate surface area is 140 Å². The third kappa shape index (κ3) is 3.74. The summed E-state index contributed by atoms with van der Waals surface area (Å²) in [6.45, 7) is 1.73. The number of amides is 1. The second kappa shape index (κ2) is 6.75. The number of benzene rings is 1. The number of aliphatic hydroxyl groups excluding tert-OH is 2. The third-order valence-electron chi connectivity index (χ3n) is 4.23. The fraction of sp³-hybridized carbons (Fsp3) is 0.562. The SMILES string of the molecule is CN(CC(C)(CO)CO)C(=O)C1CC1c1ccc(Cl)cc1Cl. The Bertz CT molecular complexity index is 560. The van der Waals surface area contributed by atoms with Gasteiger partial charge in [0.15, 0.2) is 0 Å². The topological polar surface area (TPSA) is 60.8 Å². The fourth-order valence-electron chi connectivity index (χ4n) is 2.70. The van der Waals surface area contributed by atoms with Crippen LogP contribution in [-0.4, -0.2) is 47.8 Å². The van der Waals surface area contributed by atoms with E-state index in [1.165, 1.54) is 0 Å². The second-order valence-electron chi connectivity index (χ2n) is 6.44. The van der Waals surface area contributed by atoms with E-state index < -0.39 is 5.41 Å². The first-order chi connectivity index (χ1) is 10.3.